The fourth-order valence-corrected chi connectivity index (χ4v) is 6.30. The van der Waals surface area contributed by atoms with Gasteiger partial charge in [-0.3, -0.25) is 9.10 Å². The fourth-order valence-electron chi connectivity index (χ4n) is 3.93. The van der Waals surface area contributed by atoms with Gasteiger partial charge in [-0.2, -0.15) is 0 Å². The molecule has 4 rings (SSSR count). The number of fused-ring (bicyclic) bond motifs is 1. The van der Waals surface area contributed by atoms with Crippen molar-refractivity contribution in [3.05, 3.63) is 48.5 Å². The molecule has 2 atom stereocenters. The molecule has 1 saturated carbocycles. The zero-order valence-electron chi connectivity index (χ0n) is 17.7. The number of carbonyl (C=O) groups excluding carboxylic acids is 2. The highest BCUT2D eigenvalue weighted by atomic mass is 32.2. The van der Waals surface area contributed by atoms with E-state index < -0.39 is 26.6 Å². The van der Waals surface area contributed by atoms with Crippen molar-refractivity contribution in [3.63, 3.8) is 0 Å². The van der Waals surface area contributed by atoms with Crippen molar-refractivity contribution in [2.75, 3.05) is 36.5 Å². The Balaban J connectivity index is 1.43. The topological polar surface area (TPSA) is 111 Å². The summed E-state index contributed by atoms with van der Waals surface area (Å²) in [5.74, 6) is -0.229. The van der Waals surface area contributed by atoms with Crippen molar-refractivity contribution in [2.45, 2.75) is 18.1 Å². The maximum atomic E-state index is 13.3. The highest BCUT2D eigenvalue weighted by Gasteiger charge is 2.75. The molecular formula is C22H24N2O7S. The van der Waals surface area contributed by atoms with E-state index in [0.29, 0.717) is 29.3 Å². The second-order valence-electron chi connectivity index (χ2n) is 7.60. The highest BCUT2D eigenvalue weighted by molar-refractivity contribution is 7.95. The number of ether oxygens (including phenoxy) is 3. The quantitative estimate of drug-likeness (QED) is 0.601. The summed E-state index contributed by atoms with van der Waals surface area (Å²) in [7, 11) is -2.34. The number of methoxy groups -OCH3 is 1. The molecule has 0 aromatic heterocycles. The largest absolute Gasteiger partial charge is 0.497 e. The summed E-state index contributed by atoms with van der Waals surface area (Å²) < 4.78 is 41.6. The Morgan fingerprint density at radius 2 is 1.75 bits per heavy atom. The van der Waals surface area contributed by atoms with Gasteiger partial charge in [0, 0.05) is 18.2 Å². The minimum Gasteiger partial charge on any atom is -0.497 e. The van der Waals surface area contributed by atoms with Crippen LogP contribution in [0.1, 0.15) is 13.3 Å². The van der Waals surface area contributed by atoms with Crippen molar-refractivity contribution in [2.24, 2.45) is 5.92 Å². The molecule has 2 fully saturated rings. The van der Waals surface area contributed by atoms with Crippen LogP contribution in [-0.4, -0.2) is 51.9 Å². The Kier molecular flexibility index (Phi) is 5.72. The molecule has 1 heterocycles. The molecule has 0 radical (unpaired) electrons. The highest BCUT2D eigenvalue weighted by Crippen LogP contribution is 2.58. The molecule has 0 spiro atoms. The van der Waals surface area contributed by atoms with Crippen LogP contribution in [0.4, 0.5) is 11.4 Å². The second-order valence-corrected chi connectivity index (χ2v) is 9.72. The Labute approximate surface area is 186 Å². The van der Waals surface area contributed by atoms with Crippen molar-refractivity contribution < 1.29 is 32.2 Å². The van der Waals surface area contributed by atoms with E-state index in [0.717, 1.165) is 0 Å². The Morgan fingerprint density at radius 3 is 2.38 bits per heavy atom. The average Bonchev–Trinajstić information content (AvgIpc) is 3.48. The zero-order valence-corrected chi connectivity index (χ0v) is 18.6. The zero-order chi connectivity index (χ0) is 22.9. The molecule has 0 bridgehead atoms. The van der Waals surface area contributed by atoms with E-state index in [1.165, 1.54) is 11.4 Å². The first-order chi connectivity index (χ1) is 15.3. The Hall–Kier alpha value is -3.27. The van der Waals surface area contributed by atoms with Gasteiger partial charge in [-0.15, -0.1) is 0 Å². The normalized spacial score (nSPS) is 22.6. The summed E-state index contributed by atoms with van der Waals surface area (Å²) in [6.45, 7) is 2.03. The number of esters is 1. The lowest BCUT2D eigenvalue weighted by Gasteiger charge is -2.23. The number of hydrogen-bond acceptors (Lipinski definition) is 7. The first kappa shape index (κ1) is 21.9. The summed E-state index contributed by atoms with van der Waals surface area (Å²) >= 11 is 0. The molecule has 1 aliphatic heterocycles. The SMILES string of the molecule is CCOC(=O)COc1ccc(NC(=O)[C@]23C[C@H]2CN(c2ccc(OC)cc2)S3(=O)=O)cc1. The number of nitrogens with zero attached hydrogens (tertiary/aromatic N) is 1. The average molecular weight is 461 g/mol. The fraction of sp³-hybridized carbons (Fsp3) is 0.364. The van der Waals surface area contributed by atoms with Crippen molar-refractivity contribution in [1.29, 1.82) is 0 Å². The molecule has 2 aliphatic rings. The number of anilines is 2. The molecule has 9 nitrogen and oxygen atoms in total. The minimum atomic E-state index is -3.87. The van der Waals surface area contributed by atoms with E-state index in [4.69, 9.17) is 14.2 Å². The molecule has 170 valence electrons. The van der Waals surface area contributed by atoms with Gasteiger partial charge < -0.3 is 19.5 Å². The van der Waals surface area contributed by atoms with Gasteiger partial charge >= 0.3 is 5.97 Å². The van der Waals surface area contributed by atoms with Gasteiger partial charge in [0.2, 0.25) is 15.9 Å². The minimum absolute atomic E-state index is 0.218. The van der Waals surface area contributed by atoms with Gasteiger partial charge in [-0.05, 0) is 61.9 Å². The van der Waals surface area contributed by atoms with Crippen LogP contribution in [0.5, 0.6) is 11.5 Å². The van der Waals surface area contributed by atoms with E-state index in [-0.39, 0.29) is 25.7 Å². The molecular weight excluding hydrogens is 436 g/mol. The van der Waals surface area contributed by atoms with Crippen LogP contribution in [0.15, 0.2) is 48.5 Å². The standard InChI is InChI=1S/C22H24N2O7S/c1-3-30-20(25)14-31-19-8-4-16(5-9-19)23-21(26)22-12-15(22)13-24(32(22,27)28)17-6-10-18(29-2)11-7-17/h4-11,15H,3,12-14H2,1-2H3,(H,23,26)/t15-,22-/m0/s1. The van der Waals surface area contributed by atoms with Crippen LogP contribution in [0.25, 0.3) is 0 Å². The number of hydrogen-bond donors (Lipinski definition) is 1. The maximum absolute atomic E-state index is 13.3. The Bertz CT molecular complexity index is 1120. The van der Waals surface area contributed by atoms with E-state index in [1.807, 2.05) is 0 Å². The lowest BCUT2D eigenvalue weighted by atomic mass is 10.2. The van der Waals surface area contributed by atoms with Crippen LogP contribution in [0.2, 0.25) is 0 Å². The van der Waals surface area contributed by atoms with Crippen LogP contribution in [0, 0.1) is 5.92 Å². The van der Waals surface area contributed by atoms with Crippen LogP contribution < -0.4 is 19.1 Å². The van der Waals surface area contributed by atoms with Crippen LogP contribution in [-0.2, 0) is 24.3 Å². The molecule has 1 N–H and O–H groups in total. The summed E-state index contributed by atoms with van der Waals surface area (Å²) in [4.78, 5) is 24.4. The third-order valence-corrected chi connectivity index (χ3v) is 8.25. The smallest absolute Gasteiger partial charge is 0.344 e. The van der Waals surface area contributed by atoms with Gasteiger partial charge in [0.1, 0.15) is 11.5 Å². The molecule has 10 heteroatoms. The molecule has 1 saturated heterocycles. The molecule has 0 unspecified atom stereocenters. The van der Waals surface area contributed by atoms with Gasteiger partial charge in [-0.1, -0.05) is 0 Å². The van der Waals surface area contributed by atoms with Crippen molar-refractivity contribution in [3.8, 4) is 11.5 Å². The monoisotopic (exact) mass is 460 g/mol. The van der Waals surface area contributed by atoms with E-state index >= 15 is 0 Å². The number of rotatable bonds is 8. The van der Waals surface area contributed by atoms with E-state index in [1.54, 1.807) is 55.5 Å². The lowest BCUT2D eigenvalue weighted by Crippen LogP contribution is -2.42. The summed E-state index contributed by atoms with van der Waals surface area (Å²) in [6.07, 6.45) is 0.300. The number of carbonyl (C=O) groups is 2. The van der Waals surface area contributed by atoms with Gasteiger partial charge in [0.25, 0.3) is 0 Å². The third-order valence-electron chi connectivity index (χ3n) is 5.70. The summed E-state index contributed by atoms with van der Waals surface area (Å²) in [5, 5.41) is 2.71. The maximum Gasteiger partial charge on any atom is 0.344 e. The number of amides is 1. The molecule has 2 aromatic rings. The van der Waals surface area contributed by atoms with Crippen LogP contribution in [0.3, 0.4) is 0 Å². The first-order valence-electron chi connectivity index (χ1n) is 10.2. The van der Waals surface area contributed by atoms with Crippen molar-refractivity contribution in [1.82, 2.24) is 0 Å². The lowest BCUT2D eigenvalue weighted by molar-refractivity contribution is -0.145. The number of benzene rings is 2. The van der Waals surface area contributed by atoms with Gasteiger partial charge in [0.05, 0.1) is 19.4 Å². The molecule has 1 aliphatic carbocycles. The predicted molar refractivity (Wildman–Crippen MR) is 117 cm³/mol. The van der Waals surface area contributed by atoms with Crippen LogP contribution >= 0.6 is 0 Å². The van der Waals surface area contributed by atoms with Crippen molar-refractivity contribution >= 4 is 33.3 Å². The second kappa shape index (κ2) is 8.34. The molecule has 32 heavy (non-hydrogen) atoms. The van der Waals surface area contributed by atoms with E-state index in [2.05, 4.69) is 5.32 Å². The van der Waals surface area contributed by atoms with E-state index in [9.17, 15) is 18.0 Å². The summed E-state index contributed by atoms with van der Waals surface area (Å²) in [5.41, 5.74) is 0.949. The first-order valence-corrected chi connectivity index (χ1v) is 11.6. The number of nitrogens with one attached hydrogen (secondary N) is 1. The van der Waals surface area contributed by atoms with Gasteiger partial charge in [-0.25, -0.2) is 13.2 Å². The number of sulfonamides is 1. The Morgan fingerprint density at radius 1 is 1.09 bits per heavy atom. The summed E-state index contributed by atoms with van der Waals surface area (Å²) in [6, 6.07) is 13.1. The third kappa shape index (κ3) is 3.75. The molecule has 2 aromatic carbocycles. The van der Waals surface area contributed by atoms with Gasteiger partial charge in [0.15, 0.2) is 11.4 Å². The molecule has 1 amide bonds. The predicted octanol–water partition coefficient (Wildman–Crippen LogP) is 2.18.